The van der Waals surface area contributed by atoms with E-state index in [4.69, 9.17) is 4.98 Å². The van der Waals surface area contributed by atoms with E-state index >= 15 is 0 Å². The summed E-state index contributed by atoms with van der Waals surface area (Å²) in [4.78, 5) is 4.77. The summed E-state index contributed by atoms with van der Waals surface area (Å²) < 4.78 is 27.8. The molecule has 5 rings (SSSR count). The van der Waals surface area contributed by atoms with Crippen LogP contribution < -0.4 is 5.32 Å². The van der Waals surface area contributed by atoms with E-state index < -0.39 is 15.4 Å². The van der Waals surface area contributed by atoms with Gasteiger partial charge in [-0.25, -0.2) is 13.4 Å². The van der Waals surface area contributed by atoms with Crippen molar-refractivity contribution < 1.29 is 8.42 Å². The minimum absolute atomic E-state index is 0.137. The number of hydrogen-bond acceptors (Lipinski definition) is 5. The summed E-state index contributed by atoms with van der Waals surface area (Å²) in [6, 6.07) is 18.2. The van der Waals surface area contributed by atoms with Crippen molar-refractivity contribution in [3.05, 3.63) is 72.6 Å². The van der Waals surface area contributed by atoms with Gasteiger partial charge in [0.2, 0.25) is 5.95 Å². The van der Waals surface area contributed by atoms with Gasteiger partial charge in [0, 0.05) is 24.0 Å². The lowest BCUT2D eigenvalue weighted by atomic mass is 10.0. The van der Waals surface area contributed by atoms with Crippen LogP contribution in [0.2, 0.25) is 0 Å². The van der Waals surface area contributed by atoms with Crippen LogP contribution in [-0.4, -0.2) is 39.3 Å². The van der Waals surface area contributed by atoms with Crippen molar-refractivity contribution in [3.8, 4) is 5.69 Å². The van der Waals surface area contributed by atoms with Crippen molar-refractivity contribution >= 4 is 26.8 Å². The summed E-state index contributed by atoms with van der Waals surface area (Å²) >= 11 is 0. The average Bonchev–Trinajstić information content (AvgIpc) is 3.43. The lowest BCUT2D eigenvalue weighted by Gasteiger charge is -2.22. The Bertz CT molecular complexity index is 1310. The third-order valence-electron chi connectivity index (χ3n) is 5.70. The summed E-state index contributed by atoms with van der Waals surface area (Å²) in [5.41, 5.74) is 3.49. The number of aromatic nitrogens is 4. The number of imidazole rings is 1. The van der Waals surface area contributed by atoms with Crippen molar-refractivity contribution in [2.24, 2.45) is 0 Å². The zero-order chi connectivity index (χ0) is 20.8. The van der Waals surface area contributed by atoms with Crippen LogP contribution in [0, 0.1) is 0 Å². The number of sulfone groups is 1. The summed E-state index contributed by atoms with van der Waals surface area (Å²) in [5.74, 6) is 1.11. The molecule has 2 aromatic heterocycles. The fraction of sp³-hybridized carbons (Fsp3) is 0.273. The van der Waals surface area contributed by atoms with Gasteiger partial charge < -0.3 is 5.32 Å². The van der Waals surface area contributed by atoms with Gasteiger partial charge >= 0.3 is 0 Å². The highest BCUT2D eigenvalue weighted by Gasteiger charge is 2.40. The van der Waals surface area contributed by atoms with Gasteiger partial charge in [0.05, 0.1) is 34.3 Å². The second kappa shape index (κ2) is 6.98. The zero-order valence-corrected chi connectivity index (χ0v) is 17.5. The number of nitrogens with zero attached hydrogens (tertiary/aromatic N) is 4. The van der Waals surface area contributed by atoms with E-state index in [2.05, 4.69) is 33.2 Å². The van der Waals surface area contributed by atoms with Crippen LogP contribution in [0.5, 0.6) is 0 Å². The lowest BCUT2D eigenvalue weighted by molar-refractivity contribution is 0.328. The first-order valence-electron chi connectivity index (χ1n) is 9.95. The number of rotatable bonds is 5. The normalized spacial score (nSPS) is 20.6. The molecule has 1 unspecified atom stereocenters. The van der Waals surface area contributed by atoms with Gasteiger partial charge in [-0.05, 0) is 37.6 Å². The number of nitrogens with one attached hydrogen (secondary N) is 1. The second-order valence-corrected chi connectivity index (χ2v) is 10.3. The first-order chi connectivity index (χ1) is 14.4. The SMILES string of the molecule is CC1(n2cc(CNc3nc4ccccc4n3-c3ccccc3)cn2)CCS(=O)(=O)C1. The molecular weight excluding hydrogens is 398 g/mol. The topological polar surface area (TPSA) is 81.8 Å². The number of benzene rings is 2. The van der Waals surface area contributed by atoms with Crippen LogP contribution in [0.4, 0.5) is 5.95 Å². The first kappa shape index (κ1) is 18.9. The van der Waals surface area contributed by atoms with Gasteiger partial charge in [0.25, 0.3) is 0 Å². The van der Waals surface area contributed by atoms with E-state index in [1.54, 1.807) is 10.9 Å². The molecule has 1 aliphatic heterocycles. The van der Waals surface area contributed by atoms with E-state index in [9.17, 15) is 8.42 Å². The van der Waals surface area contributed by atoms with Gasteiger partial charge in [0.1, 0.15) is 0 Å². The molecule has 7 nitrogen and oxygen atoms in total. The molecule has 3 heterocycles. The van der Waals surface area contributed by atoms with E-state index in [-0.39, 0.29) is 11.5 Å². The highest BCUT2D eigenvalue weighted by atomic mass is 32.2. The fourth-order valence-corrected chi connectivity index (χ4v) is 6.20. The van der Waals surface area contributed by atoms with Gasteiger partial charge in [-0.1, -0.05) is 30.3 Å². The number of hydrogen-bond donors (Lipinski definition) is 1. The summed E-state index contributed by atoms with van der Waals surface area (Å²) in [5, 5.41) is 7.89. The molecule has 1 saturated heterocycles. The lowest BCUT2D eigenvalue weighted by Crippen LogP contribution is -2.31. The van der Waals surface area contributed by atoms with Crippen molar-refractivity contribution in [1.82, 2.24) is 19.3 Å². The molecule has 0 radical (unpaired) electrons. The van der Waals surface area contributed by atoms with Crippen LogP contribution in [0.25, 0.3) is 16.7 Å². The number of anilines is 1. The highest BCUT2D eigenvalue weighted by Crippen LogP contribution is 2.30. The largest absolute Gasteiger partial charge is 0.351 e. The predicted octanol–water partition coefficient (Wildman–Crippen LogP) is 3.37. The molecule has 0 bridgehead atoms. The number of fused-ring (bicyclic) bond motifs is 1. The van der Waals surface area contributed by atoms with Crippen molar-refractivity contribution in [1.29, 1.82) is 0 Å². The molecule has 154 valence electrons. The molecule has 30 heavy (non-hydrogen) atoms. The molecule has 0 aliphatic carbocycles. The summed E-state index contributed by atoms with van der Waals surface area (Å²) in [7, 11) is -2.99. The van der Waals surface area contributed by atoms with Crippen LogP contribution in [0.15, 0.2) is 67.0 Å². The van der Waals surface area contributed by atoms with E-state index in [0.717, 1.165) is 28.2 Å². The Morgan fingerprint density at radius 3 is 2.63 bits per heavy atom. The molecule has 1 fully saturated rings. The van der Waals surface area contributed by atoms with Gasteiger partial charge in [0.15, 0.2) is 9.84 Å². The Kier molecular flexibility index (Phi) is 4.39. The third kappa shape index (κ3) is 3.37. The molecule has 1 atom stereocenters. The minimum atomic E-state index is -2.99. The summed E-state index contributed by atoms with van der Waals surface area (Å²) in [6.07, 6.45) is 4.32. The number of para-hydroxylation sites is 3. The molecular formula is C22H23N5O2S. The van der Waals surface area contributed by atoms with Crippen LogP contribution >= 0.6 is 0 Å². The fourth-order valence-electron chi connectivity index (χ4n) is 4.08. The quantitative estimate of drug-likeness (QED) is 0.534. The average molecular weight is 422 g/mol. The van der Waals surface area contributed by atoms with E-state index in [1.165, 1.54) is 0 Å². The van der Waals surface area contributed by atoms with Crippen molar-refractivity contribution in [2.45, 2.75) is 25.4 Å². The molecule has 0 saturated carbocycles. The molecule has 8 heteroatoms. The Balaban J connectivity index is 1.42. The van der Waals surface area contributed by atoms with Crippen molar-refractivity contribution in [2.75, 3.05) is 16.8 Å². The van der Waals surface area contributed by atoms with Crippen LogP contribution in [-0.2, 0) is 21.9 Å². The summed E-state index contributed by atoms with van der Waals surface area (Å²) in [6.45, 7) is 2.50. The smallest absolute Gasteiger partial charge is 0.208 e. The maximum absolute atomic E-state index is 11.9. The van der Waals surface area contributed by atoms with E-state index in [0.29, 0.717) is 13.0 Å². The predicted molar refractivity (Wildman–Crippen MR) is 118 cm³/mol. The zero-order valence-electron chi connectivity index (χ0n) is 16.7. The van der Waals surface area contributed by atoms with Gasteiger partial charge in [-0.2, -0.15) is 5.10 Å². The Labute approximate surface area is 175 Å². The minimum Gasteiger partial charge on any atom is -0.351 e. The molecule has 0 spiro atoms. The molecule has 4 aromatic rings. The van der Waals surface area contributed by atoms with E-state index in [1.807, 2.05) is 49.5 Å². The Hall–Kier alpha value is -3.13. The van der Waals surface area contributed by atoms with Gasteiger partial charge in [-0.3, -0.25) is 9.25 Å². The van der Waals surface area contributed by atoms with Crippen molar-refractivity contribution in [3.63, 3.8) is 0 Å². The monoisotopic (exact) mass is 421 g/mol. The second-order valence-electron chi connectivity index (χ2n) is 8.08. The standard InChI is InChI=1S/C22H23N5O2S/c1-22(11-12-30(28,29)16-22)26-15-17(14-24-26)13-23-21-25-19-9-5-6-10-20(19)27(21)18-7-3-2-4-8-18/h2-10,14-15H,11-13,16H2,1H3,(H,23,25). The molecule has 1 N–H and O–H groups in total. The maximum atomic E-state index is 11.9. The molecule has 2 aromatic carbocycles. The first-order valence-corrected chi connectivity index (χ1v) is 11.8. The van der Waals surface area contributed by atoms with Crippen LogP contribution in [0.1, 0.15) is 18.9 Å². The molecule has 0 amide bonds. The third-order valence-corrected chi connectivity index (χ3v) is 7.59. The molecule has 1 aliphatic rings. The Morgan fingerprint density at radius 2 is 1.87 bits per heavy atom. The van der Waals surface area contributed by atoms with Gasteiger partial charge in [-0.15, -0.1) is 0 Å². The Morgan fingerprint density at radius 1 is 1.10 bits per heavy atom. The highest BCUT2D eigenvalue weighted by molar-refractivity contribution is 7.91. The maximum Gasteiger partial charge on any atom is 0.208 e. The van der Waals surface area contributed by atoms with Crippen LogP contribution in [0.3, 0.4) is 0 Å².